The molecule has 0 bridgehead atoms. The van der Waals surface area contributed by atoms with Crippen molar-refractivity contribution in [3.05, 3.63) is 253 Å². The summed E-state index contributed by atoms with van der Waals surface area (Å²) in [6.07, 6.45) is 0. The fourth-order valence-corrected chi connectivity index (χ4v) is 12.0. The molecule has 13 aromatic rings. The molecule has 14 rings (SSSR count). The molecule has 1 heterocycles. The second kappa shape index (κ2) is 15.5. The second-order valence-electron chi connectivity index (χ2n) is 19.8. The third-order valence-corrected chi connectivity index (χ3v) is 15.5. The van der Waals surface area contributed by atoms with Crippen LogP contribution < -0.4 is 0 Å². The van der Waals surface area contributed by atoms with Crippen molar-refractivity contribution in [1.29, 1.82) is 0 Å². The highest BCUT2D eigenvalue weighted by molar-refractivity contribution is 6.30. The number of aromatic nitrogens is 1. The molecule has 1 aromatic heterocycles. The van der Waals surface area contributed by atoms with Gasteiger partial charge < -0.3 is 4.57 Å². The SMILES string of the molecule is C=C(N=C(N=C(C)c1cccc(-n2c3cc4c(cc3c3cc5c6ccccc6c6ccccc6c5cc32)-c2cc3c5ccccc5c5ccccc5c3cc2C4(C)C)c1)c1ccccc1)c1ccccc1. The van der Waals surface area contributed by atoms with Gasteiger partial charge in [-0.2, -0.15) is 0 Å². The Morgan fingerprint density at radius 1 is 0.366 bits per heavy atom. The van der Waals surface area contributed by atoms with Crippen LogP contribution in [0.15, 0.2) is 235 Å². The van der Waals surface area contributed by atoms with Crippen molar-refractivity contribution in [3.63, 3.8) is 0 Å². The lowest BCUT2D eigenvalue weighted by molar-refractivity contribution is 0.662. The molecule has 0 fully saturated rings. The quantitative estimate of drug-likeness (QED) is 0.0936. The Morgan fingerprint density at radius 2 is 0.775 bits per heavy atom. The van der Waals surface area contributed by atoms with Gasteiger partial charge in [-0.3, -0.25) is 0 Å². The molecule has 0 saturated heterocycles. The van der Waals surface area contributed by atoms with Crippen LogP contribution in [0.2, 0.25) is 0 Å². The predicted molar refractivity (Wildman–Crippen MR) is 304 cm³/mol. The molecule has 0 unspecified atom stereocenters. The molecule has 334 valence electrons. The summed E-state index contributed by atoms with van der Waals surface area (Å²) < 4.78 is 2.51. The maximum atomic E-state index is 5.28. The Morgan fingerprint density at radius 3 is 1.34 bits per heavy atom. The van der Waals surface area contributed by atoms with Gasteiger partial charge in [-0.1, -0.05) is 190 Å². The molecule has 0 radical (unpaired) electrons. The molecule has 0 N–H and O–H groups in total. The first-order chi connectivity index (χ1) is 34.8. The summed E-state index contributed by atoms with van der Waals surface area (Å²) in [6.45, 7) is 11.3. The van der Waals surface area contributed by atoms with Gasteiger partial charge in [0, 0.05) is 33.1 Å². The highest BCUT2D eigenvalue weighted by atomic mass is 15.0. The molecule has 0 spiro atoms. The minimum Gasteiger partial charge on any atom is -0.309 e. The van der Waals surface area contributed by atoms with Gasteiger partial charge >= 0.3 is 0 Å². The van der Waals surface area contributed by atoms with Gasteiger partial charge in [0.25, 0.3) is 0 Å². The van der Waals surface area contributed by atoms with E-state index in [1.54, 1.807) is 0 Å². The van der Waals surface area contributed by atoms with Crippen molar-refractivity contribution in [3.8, 4) is 16.8 Å². The Kier molecular flexibility index (Phi) is 9.00. The molecule has 3 heteroatoms. The predicted octanol–water partition coefficient (Wildman–Crippen LogP) is 17.9. The number of hydrogen-bond donors (Lipinski definition) is 0. The Hall–Kier alpha value is -8.92. The molecule has 1 aliphatic rings. The monoisotopic (exact) mass is 905 g/mol. The van der Waals surface area contributed by atoms with Crippen LogP contribution >= 0.6 is 0 Å². The lowest BCUT2D eigenvalue weighted by Crippen LogP contribution is -2.15. The van der Waals surface area contributed by atoms with Crippen LogP contribution in [0.4, 0.5) is 0 Å². The smallest absolute Gasteiger partial charge is 0.160 e. The van der Waals surface area contributed by atoms with Crippen molar-refractivity contribution in [2.75, 3.05) is 0 Å². The summed E-state index contributed by atoms with van der Waals surface area (Å²) in [5, 5.41) is 17.8. The summed E-state index contributed by atoms with van der Waals surface area (Å²) in [5.74, 6) is 0.621. The van der Waals surface area contributed by atoms with Gasteiger partial charge in [0.15, 0.2) is 5.84 Å². The van der Waals surface area contributed by atoms with E-state index in [4.69, 9.17) is 9.98 Å². The highest BCUT2D eigenvalue weighted by Crippen LogP contribution is 2.54. The van der Waals surface area contributed by atoms with Gasteiger partial charge in [0.05, 0.1) is 16.7 Å². The fourth-order valence-electron chi connectivity index (χ4n) is 12.0. The number of rotatable bonds is 5. The lowest BCUT2D eigenvalue weighted by Gasteiger charge is -2.23. The zero-order valence-corrected chi connectivity index (χ0v) is 39.8. The Balaban J connectivity index is 1.03. The van der Waals surface area contributed by atoms with E-state index >= 15 is 0 Å². The molecule has 0 atom stereocenters. The number of hydrogen-bond acceptors (Lipinski definition) is 1. The first kappa shape index (κ1) is 41.1. The van der Waals surface area contributed by atoms with E-state index in [0.717, 1.165) is 28.1 Å². The molecular formula is C68H47N3. The minimum atomic E-state index is -0.264. The van der Waals surface area contributed by atoms with Crippen molar-refractivity contribution in [2.45, 2.75) is 26.2 Å². The minimum absolute atomic E-state index is 0.264. The summed E-state index contributed by atoms with van der Waals surface area (Å²) in [4.78, 5) is 10.3. The number of nitrogens with zero attached hydrogens (tertiary/aromatic N) is 3. The Labute approximate surface area is 412 Å². The molecule has 0 amide bonds. The average Bonchev–Trinajstić information content (AvgIpc) is 3.86. The Bertz CT molecular complexity index is 4490. The molecule has 0 aliphatic heterocycles. The zero-order valence-electron chi connectivity index (χ0n) is 39.8. The van der Waals surface area contributed by atoms with E-state index in [2.05, 4.69) is 202 Å². The summed E-state index contributed by atoms with van der Waals surface area (Å²) in [7, 11) is 0. The van der Waals surface area contributed by atoms with Crippen LogP contribution in [0, 0.1) is 0 Å². The van der Waals surface area contributed by atoms with Gasteiger partial charge in [-0.15, -0.1) is 0 Å². The van der Waals surface area contributed by atoms with Crippen LogP contribution in [0.25, 0.3) is 109 Å². The second-order valence-corrected chi connectivity index (χ2v) is 19.8. The maximum absolute atomic E-state index is 5.28. The van der Waals surface area contributed by atoms with E-state index in [-0.39, 0.29) is 5.41 Å². The van der Waals surface area contributed by atoms with E-state index in [9.17, 15) is 0 Å². The third-order valence-electron chi connectivity index (χ3n) is 15.5. The summed E-state index contributed by atoms with van der Waals surface area (Å²) >= 11 is 0. The number of fused-ring (bicyclic) bond motifs is 18. The first-order valence-electron chi connectivity index (χ1n) is 24.6. The highest BCUT2D eigenvalue weighted by Gasteiger charge is 2.37. The molecule has 1 aliphatic carbocycles. The van der Waals surface area contributed by atoms with E-state index in [0.29, 0.717) is 11.5 Å². The van der Waals surface area contributed by atoms with Gasteiger partial charge in [-0.05, 0) is 153 Å². The largest absolute Gasteiger partial charge is 0.309 e. The average molecular weight is 906 g/mol. The summed E-state index contributed by atoms with van der Waals surface area (Å²) in [5.41, 5.74) is 12.9. The third kappa shape index (κ3) is 6.22. The molecule has 3 nitrogen and oxygen atoms in total. The zero-order chi connectivity index (χ0) is 47.5. The number of aliphatic imine (C=N–C) groups is 2. The molecular weight excluding hydrogens is 859 g/mol. The molecule has 12 aromatic carbocycles. The van der Waals surface area contributed by atoms with E-state index in [1.807, 2.05) is 48.5 Å². The first-order valence-corrected chi connectivity index (χ1v) is 24.6. The van der Waals surface area contributed by atoms with Crippen molar-refractivity contribution < 1.29 is 0 Å². The van der Waals surface area contributed by atoms with Crippen LogP contribution in [0.5, 0.6) is 0 Å². The number of amidine groups is 1. The van der Waals surface area contributed by atoms with E-state index in [1.165, 1.54) is 109 Å². The normalized spacial score (nSPS) is 13.6. The molecule has 71 heavy (non-hydrogen) atoms. The van der Waals surface area contributed by atoms with Crippen LogP contribution in [-0.2, 0) is 5.41 Å². The standard InChI is InChI=1S/C68H47N3/c1-41(43-20-7-5-8-21-43)69-67(44-22-9-6-10-23-44)70-42(2)45-24-19-25-46(34-45)71-65-39-58-54-33-18-14-29-50(54)48-27-12-16-31-52(48)56(58)36-61(65)62-37-60-59-35-55-51-30-15-11-26-47(51)49-28-13-17-32-53(49)57(55)38-63(59)68(3,4)64(60)40-66(62)71/h5-40H,1H2,2-4H3. The maximum Gasteiger partial charge on any atom is 0.160 e. The summed E-state index contributed by atoms with van der Waals surface area (Å²) in [6, 6.07) is 79.8. The van der Waals surface area contributed by atoms with Gasteiger partial charge in [-0.25, -0.2) is 9.98 Å². The van der Waals surface area contributed by atoms with E-state index < -0.39 is 0 Å². The van der Waals surface area contributed by atoms with Gasteiger partial charge in [0.1, 0.15) is 0 Å². The van der Waals surface area contributed by atoms with Crippen molar-refractivity contribution in [2.24, 2.45) is 9.98 Å². The van der Waals surface area contributed by atoms with Crippen LogP contribution in [-0.4, -0.2) is 16.1 Å². The van der Waals surface area contributed by atoms with Crippen LogP contribution in [0.1, 0.15) is 48.6 Å². The fraction of sp³-hybridized carbons (Fsp3) is 0.0588. The van der Waals surface area contributed by atoms with Gasteiger partial charge in [0.2, 0.25) is 0 Å². The molecule has 0 saturated carbocycles. The van der Waals surface area contributed by atoms with Crippen LogP contribution in [0.3, 0.4) is 0 Å². The number of benzene rings is 12. The van der Waals surface area contributed by atoms with Crippen molar-refractivity contribution in [1.82, 2.24) is 4.57 Å². The van der Waals surface area contributed by atoms with Crippen molar-refractivity contribution >= 4 is 104 Å². The lowest BCUT2D eigenvalue weighted by atomic mass is 9.81. The topological polar surface area (TPSA) is 29.6 Å².